The topological polar surface area (TPSA) is 57.0 Å². The van der Waals surface area contributed by atoms with E-state index >= 15 is 0 Å². The predicted molar refractivity (Wildman–Crippen MR) is 92.2 cm³/mol. The summed E-state index contributed by atoms with van der Waals surface area (Å²) in [5.74, 6) is 0.690. The maximum Gasteiger partial charge on any atom is 0.316 e. The summed E-state index contributed by atoms with van der Waals surface area (Å²) >= 11 is 1.32. The van der Waals surface area contributed by atoms with E-state index in [1.54, 1.807) is 6.08 Å². The number of hydrogen-bond donors (Lipinski definition) is 0. The van der Waals surface area contributed by atoms with Crippen molar-refractivity contribution in [3.05, 3.63) is 43.0 Å². The lowest BCUT2D eigenvalue weighted by Gasteiger charge is -2.19. The van der Waals surface area contributed by atoms with Crippen LogP contribution in [0.5, 0.6) is 0 Å². The summed E-state index contributed by atoms with van der Waals surface area (Å²) in [6, 6.07) is 9.82. The van der Waals surface area contributed by atoms with E-state index in [4.69, 9.17) is 4.74 Å². The fourth-order valence-electron chi connectivity index (χ4n) is 1.98. The quantitative estimate of drug-likeness (QED) is 0.460. The first-order valence-electron chi connectivity index (χ1n) is 7.35. The lowest BCUT2D eigenvalue weighted by atomic mass is 10.2. The molecule has 122 valence electrons. The van der Waals surface area contributed by atoms with Crippen LogP contribution in [0.4, 0.5) is 0 Å². The Morgan fingerprint density at radius 2 is 2.00 bits per heavy atom. The van der Waals surface area contributed by atoms with Crippen LogP contribution in [0.1, 0.15) is 20.8 Å². The van der Waals surface area contributed by atoms with Crippen LogP contribution in [-0.2, 0) is 16.1 Å². The standard InChI is InChI=1S/C17H21N3O2S/c1-5-11-20-15(13-9-7-6-8-10-13)18-19-16(20)23-12-14(21)22-17(2,3)4/h5-10H,1,11-12H2,2-4H3. The van der Waals surface area contributed by atoms with E-state index in [0.717, 1.165) is 11.4 Å². The number of nitrogens with zero attached hydrogens (tertiary/aromatic N) is 3. The van der Waals surface area contributed by atoms with Gasteiger partial charge in [0.05, 0.1) is 5.75 Å². The van der Waals surface area contributed by atoms with Gasteiger partial charge in [-0.2, -0.15) is 0 Å². The normalized spacial score (nSPS) is 11.3. The maximum absolute atomic E-state index is 11.9. The number of rotatable bonds is 6. The van der Waals surface area contributed by atoms with Crippen molar-refractivity contribution >= 4 is 17.7 Å². The number of hydrogen-bond acceptors (Lipinski definition) is 5. The van der Waals surface area contributed by atoms with Gasteiger partial charge in [0.15, 0.2) is 11.0 Å². The van der Waals surface area contributed by atoms with E-state index < -0.39 is 5.60 Å². The van der Waals surface area contributed by atoms with Gasteiger partial charge in [-0.05, 0) is 20.8 Å². The second-order valence-electron chi connectivity index (χ2n) is 5.95. The van der Waals surface area contributed by atoms with Gasteiger partial charge in [-0.15, -0.1) is 16.8 Å². The zero-order valence-corrected chi connectivity index (χ0v) is 14.5. The minimum atomic E-state index is -0.484. The van der Waals surface area contributed by atoms with Crippen molar-refractivity contribution in [1.29, 1.82) is 0 Å². The highest BCUT2D eigenvalue weighted by Gasteiger charge is 2.19. The number of thioether (sulfide) groups is 1. The highest BCUT2D eigenvalue weighted by atomic mass is 32.2. The molecule has 1 heterocycles. The molecule has 1 aromatic carbocycles. The van der Waals surface area contributed by atoms with Crippen molar-refractivity contribution in [2.75, 3.05) is 5.75 Å². The van der Waals surface area contributed by atoms with E-state index in [0.29, 0.717) is 11.7 Å². The van der Waals surface area contributed by atoms with Gasteiger partial charge in [0.25, 0.3) is 0 Å². The predicted octanol–water partition coefficient (Wildman–Crippen LogP) is 3.56. The summed E-state index contributed by atoms with van der Waals surface area (Å²) < 4.78 is 7.26. The van der Waals surface area contributed by atoms with Gasteiger partial charge in [0.2, 0.25) is 0 Å². The molecule has 5 nitrogen and oxygen atoms in total. The summed E-state index contributed by atoms with van der Waals surface area (Å²) in [7, 11) is 0. The SMILES string of the molecule is C=CCn1c(SCC(=O)OC(C)(C)C)nnc1-c1ccccc1. The molecule has 0 amide bonds. The van der Waals surface area contributed by atoms with Crippen LogP contribution in [0.15, 0.2) is 48.1 Å². The molecule has 0 saturated carbocycles. The molecule has 0 radical (unpaired) electrons. The molecule has 1 aromatic heterocycles. The van der Waals surface area contributed by atoms with Gasteiger partial charge < -0.3 is 4.74 Å². The van der Waals surface area contributed by atoms with Gasteiger partial charge in [-0.1, -0.05) is 48.2 Å². The Morgan fingerprint density at radius 1 is 1.30 bits per heavy atom. The average Bonchev–Trinajstić information content (AvgIpc) is 2.88. The number of aromatic nitrogens is 3. The molecule has 0 fully saturated rings. The van der Waals surface area contributed by atoms with Crippen molar-refractivity contribution in [2.24, 2.45) is 0 Å². The molecule has 0 aliphatic carbocycles. The van der Waals surface area contributed by atoms with Gasteiger partial charge in [0, 0.05) is 12.1 Å². The van der Waals surface area contributed by atoms with E-state index in [9.17, 15) is 4.79 Å². The third-order valence-electron chi connectivity index (χ3n) is 2.80. The Hall–Kier alpha value is -2.08. The Bertz CT molecular complexity index is 675. The molecular formula is C17H21N3O2S. The minimum absolute atomic E-state index is 0.196. The first-order chi connectivity index (χ1) is 10.9. The summed E-state index contributed by atoms with van der Waals surface area (Å²) in [5, 5.41) is 9.13. The number of benzene rings is 1. The van der Waals surface area contributed by atoms with Crippen molar-refractivity contribution in [2.45, 2.75) is 38.1 Å². The molecule has 0 saturated heterocycles. The van der Waals surface area contributed by atoms with Crippen molar-refractivity contribution < 1.29 is 9.53 Å². The van der Waals surface area contributed by atoms with Crippen molar-refractivity contribution in [3.8, 4) is 11.4 Å². The maximum atomic E-state index is 11.9. The van der Waals surface area contributed by atoms with Gasteiger partial charge >= 0.3 is 5.97 Å². The highest BCUT2D eigenvalue weighted by molar-refractivity contribution is 7.99. The molecule has 2 aromatic rings. The largest absolute Gasteiger partial charge is 0.459 e. The smallest absolute Gasteiger partial charge is 0.316 e. The number of carbonyl (C=O) groups excluding carboxylic acids is 1. The van der Waals surface area contributed by atoms with Crippen molar-refractivity contribution in [1.82, 2.24) is 14.8 Å². The van der Waals surface area contributed by atoms with Crippen LogP contribution < -0.4 is 0 Å². The Morgan fingerprint density at radius 3 is 2.61 bits per heavy atom. The third-order valence-corrected chi connectivity index (χ3v) is 3.74. The summed E-state index contributed by atoms with van der Waals surface area (Å²) in [5.41, 5.74) is 0.493. The zero-order chi connectivity index (χ0) is 16.9. The van der Waals surface area contributed by atoms with Crippen LogP contribution in [0.3, 0.4) is 0 Å². The van der Waals surface area contributed by atoms with Crippen LogP contribution in [0.2, 0.25) is 0 Å². The lowest BCUT2D eigenvalue weighted by Crippen LogP contribution is -2.25. The number of ether oxygens (including phenoxy) is 1. The number of carbonyl (C=O) groups is 1. The average molecular weight is 331 g/mol. The summed E-state index contributed by atoms with van der Waals surface area (Å²) in [6.07, 6.45) is 1.79. The van der Waals surface area contributed by atoms with Crippen LogP contribution in [0, 0.1) is 0 Å². The Kier molecular flexibility index (Phi) is 5.60. The fraction of sp³-hybridized carbons (Fsp3) is 0.353. The molecule has 0 N–H and O–H groups in total. The molecule has 6 heteroatoms. The number of allylic oxidation sites excluding steroid dienone is 1. The summed E-state index contributed by atoms with van der Waals surface area (Å²) in [6.45, 7) is 9.91. The molecule has 0 aliphatic heterocycles. The van der Waals surface area contributed by atoms with Crippen LogP contribution >= 0.6 is 11.8 Å². The van der Waals surface area contributed by atoms with Crippen molar-refractivity contribution in [3.63, 3.8) is 0 Å². The Balaban J connectivity index is 2.15. The first kappa shape index (κ1) is 17.3. The van der Waals surface area contributed by atoms with Crippen LogP contribution in [0.25, 0.3) is 11.4 Å². The molecule has 0 bridgehead atoms. The fourth-order valence-corrected chi connectivity index (χ4v) is 2.71. The summed E-state index contributed by atoms with van der Waals surface area (Å²) in [4.78, 5) is 11.9. The highest BCUT2D eigenvalue weighted by Crippen LogP contribution is 2.24. The first-order valence-corrected chi connectivity index (χ1v) is 8.33. The Labute approximate surface area is 140 Å². The van der Waals surface area contributed by atoms with E-state index in [1.807, 2.05) is 55.7 Å². The molecule has 0 aliphatic rings. The number of esters is 1. The molecule has 0 atom stereocenters. The third kappa shape index (κ3) is 4.96. The van der Waals surface area contributed by atoms with Gasteiger partial charge in [0.1, 0.15) is 5.60 Å². The molecule has 2 rings (SSSR count). The lowest BCUT2D eigenvalue weighted by molar-refractivity contribution is -0.151. The molecule has 0 unspecified atom stereocenters. The van der Waals surface area contributed by atoms with Gasteiger partial charge in [-0.3, -0.25) is 9.36 Å². The molecule has 0 spiro atoms. The molecule has 23 heavy (non-hydrogen) atoms. The second-order valence-corrected chi connectivity index (χ2v) is 6.89. The second kappa shape index (κ2) is 7.46. The van der Waals surface area contributed by atoms with E-state index in [2.05, 4.69) is 16.8 Å². The minimum Gasteiger partial charge on any atom is -0.459 e. The van der Waals surface area contributed by atoms with E-state index in [-0.39, 0.29) is 11.7 Å². The van der Waals surface area contributed by atoms with Gasteiger partial charge in [-0.25, -0.2) is 0 Å². The molecular weight excluding hydrogens is 310 g/mol. The van der Waals surface area contributed by atoms with Crippen LogP contribution in [-0.4, -0.2) is 32.1 Å². The zero-order valence-electron chi connectivity index (χ0n) is 13.7. The monoisotopic (exact) mass is 331 g/mol. The van der Waals surface area contributed by atoms with E-state index in [1.165, 1.54) is 11.8 Å².